The van der Waals surface area contributed by atoms with Crippen LogP contribution in [0, 0.1) is 0 Å². The first kappa shape index (κ1) is 13.7. The summed E-state index contributed by atoms with van der Waals surface area (Å²) in [5.74, 6) is -0.507. The number of benzene rings is 2. The number of nitrogens with zero attached hydrogens (tertiary/aromatic N) is 4. The number of rotatable bonds is 2. The average molecular weight is 294 g/mol. The highest BCUT2D eigenvalue weighted by Crippen LogP contribution is 2.37. The predicted molar refractivity (Wildman–Crippen MR) is 79.0 cm³/mol. The van der Waals surface area contributed by atoms with Gasteiger partial charge < -0.3 is 4.74 Å². The lowest BCUT2D eigenvalue weighted by molar-refractivity contribution is -0.120. The molecular weight excluding hydrogens is 284 g/mol. The van der Waals surface area contributed by atoms with Crippen molar-refractivity contribution >= 4 is 23.2 Å². The molecule has 0 aliphatic carbocycles. The van der Waals surface area contributed by atoms with E-state index in [4.69, 9.17) is 10.3 Å². The van der Waals surface area contributed by atoms with E-state index in [0.717, 1.165) is 0 Å². The van der Waals surface area contributed by atoms with E-state index in [1.54, 1.807) is 6.07 Å². The highest BCUT2D eigenvalue weighted by atomic mass is 16.5. The zero-order valence-corrected chi connectivity index (χ0v) is 11.3. The van der Waals surface area contributed by atoms with Crippen molar-refractivity contribution in [3.8, 4) is 5.75 Å². The molecule has 0 spiro atoms. The van der Waals surface area contributed by atoms with Gasteiger partial charge in [0, 0.05) is 16.2 Å². The third-order valence-corrected chi connectivity index (χ3v) is 3.20. The van der Waals surface area contributed by atoms with Crippen LogP contribution in [0.5, 0.6) is 5.75 Å². The van der Waals surface area contributed by atoms with Gasteiger partial charge in [0.2, 0.25) is 5.91 Å². The van der Waals surface area contributed by atoms with E-state index in [2.05, 4.69) is 10.0 Å². The Balaban J connectivity index is 2.06. The van der Waals surface area contributed by atoms with E-state index >= 15 is 0 Å². The maximum absolute atomic E-state index is 12.1. The molecule has 2 aromatic carbocycles. The van der Waals surface area contributed by atoms with Gasteiger partial charge in [-0.05, 0) is 41.0 Å². The molecule has 0 saturated heterocycles. The lowest BCUT2D eigenvalue weighted by Gasteiger charge is -2.29. The van der Waals surface area contributed by atoms with Crippen molar-refractivity contribution in [2.45, 2.75) is 0 Å². The van der Waals surface area contributed by atoms with Crippen LogP contribution < -0.4 is 9.64 Å². The van der Waals surface area contributed by atoms with Crippen LogP contribution in [0.1, 0.15) is 10.4 Å². The Morgan fingerprint density at radius 2 is 2.00 bits per heavy atom. The number of ether oxygens (including phenoxy) is 1. The summed E-state index contributed by atoms with van der Waals surface area (Å²) in [6.07, 6.45) is 0. The average Bonchev–Trinajstić information content (AvgIpc) is 2.55. The van der Waals surface area contributed by atoms with Crippen molar-refractivity contribution in [2.75, 3.05) is 11.5 Å². The van der Waals surface area contributed by atoms with Crippen molar-refractivity contribution in [3.63, 3.8) is 0 Å². The van der Waals surface area contributed by atoms with Gasteiger partial charge in [-0.2, -0.15) is 0 Å². The molecule has 7 nitrogen and oxygen atoms in total. The molecule has 3 rings (SSSR count). The minimum absolute atomic E-state index is 0.124. The molecule has 0 aromatic heterocycles. The standard InChI is InChI=1S/C15H10N4O3/c16-18-17-15(21)10-6-7-12-13(8-10)22-9-14(20)19(12)11-4-2-1-3-5-11/h1-8H,9H2. The zero-order valence-electron chi connectivity index (χ0n) is 11.3. The fraction of sp³-hybridized carbons (Fsp3) is 0.0667. The number of para-hydroxylation sites is 1. The van der Waals surface area contributed by atoms with Gasteiger partial charge in [0.05, 0.1) is 5.69 Å². The van der Waals surface area contributed by atoms with Gasteiger partial charge in [-0.25, -0.2) is 0 Å². The lowest BCUT2D eigenvalue weighted by atomic mass is 10.1. The van der Waals surface area contributed by atoms with Crippen LogP contribution >= 0.6 is 0 Å². The Kier molecular flexibility index (Phi) is 3.47. The topological polar surface area (TPSA) is 95.4 Å². The first-order chi connectivity index (χ1) is 10.7. The summed E-state index contributed by atoms with van der Waals surface area (Å²) in [5, 5.41) is 3.04. The van der Waals surface area contributed by atoms with Gasteiger partial charge in [-0.1, -0.05) is 18.2 Å². The van der Waals surface area contributed by atoms with Crippen molar-refractivity contribution in [2.24, 2.45) is 5.11 Å². The fourth-order valence-electron chi connectivity index (χ4n) is 2.24. The monoisotopic (exact) mass is 294 g/mol. The minimum atomic E-state index is -0.697. The lowest BCUT2D eigenvalue weighted by Crippen LogP contribution is -2.35. The summed E-state index contributed by atoms with van der Waals surface area (Å²) in [7, 11) is 0. The molecule has 108 valence electrons. The van der Waals surface area contributed by atoms with E-state index in [1.165, 1.54) is 17.0 Å². The molecule has 7 heteroatoms. The van der Waals surface area contributed by atoms with Gasteiger partial charge in [0.25, 0.3) is 5.91 Å². The number of carbonyl (C=O) groups is 2. The summed E-state index contributed by atoms with van der Waals surface area (Å²) >= 11 is 0. The van der Waals surface area contributed by atoms with E-state index in [1.807, 2.05) is 30.3 Å². The predicted octanol–water partition coefficient (Wildman–Crippen LogP) is 3.19. The second-order valence-electron chi connectivity index (χ2n) is 4.53. The molecular formula is C15H10N4O3. The van der Waals surface area contributed by atoms with Crippen LogP contribution in [0.2, 0.25) is 0 Å². The maximum Gasteiger partial charge on any atom is 0.269 e. The summed E-state index contributed by atoms with van der Waals surface area (Å²) in [6, 6.07) is 13.7. The van der Waals surface area contributed by atoms with Crippen LogP contribution in [-0.4, -0.2) is 18.4 Å². The van der Waals surface area contributed by atoms with Crippen molar-refractivity contribution in [1.82, 2.24) is 0 Å². The second-order valence-corrected chi connectivity index (χ2v) is 4.53. The Bertz CT molecular complexity index is 798. The number of hydrogen-bond donors (Lipinski definition) is 0. The van der Waals surface area contributed by atoms with Gasteiger partial charge in [-0.15, -0.1) is 0 Å². The Labute approximate surface area is 125 Å². The van der Waals surface area contributed by atoms with E-state index in [0.29, 0.717) is 17.1 Å². The molecule has 2 amide bonds. The summed E-state index contributed by atoms with van der Waals surface area (Å²) < 4.78 is 5.38. The first-order valence-electron chi connectivity index (χ1n) is 6.45. The first-order valence-corrected chi connectivity index (χ1v) is 6.45. The van der Waals surface area contributed by atoms with Crippen LogP contribution in [0.15, 0.2) is 53.6 Å². The quantitative estimate of drug-likeness (QED) is 0.483. The Hall–Kier alpha value is -3.31. The molecule has 0 saturated carbocycles. The van der Waals surface area contributed by atoms with Crippen LogP contribution in [0.3, 0.4) is 0 Å². The molecule has 0 atom stereocenters. The van der Waals surface area contributed by atoms with E-state index in [-0.39, 0.29) is 18.1 Å². The number of carbonyl (C=O) groups excluding carboxylic acids is 2. The smallest absolute Gasteiger partial charge is 0.269 e. The third kappa shape index (κ3) is 2.36. The van der Waals surface area contributed by atoms with Crippen LogP contribution in [0.4, 0.5) is 11.4 Å². The Morgan fingerprint density at radius 3 is 2.73 bits per heavy atom. The number of amides is 2. The fourth-order valence-corrected chi connectivity index (χ4v) is 2.24. The van der Waals surface area contributed by atoms with Crippen LogP contribution in [0.25, 0.3) is 10.4 Å². The number of fused-ring (bicyclic) bond motifs is 1. The highest BCUT2D eigenvalue weighted by molar-refractivity contribution is 6.05. The normalized spacial score (nSPS) is 12.9. The minimum Gasteiger partial charge on any atom is -0.482 e. The highest BCUT2D eigenvalue weighted by Gasteiger charge is 2.27. The molecule has 1 heterocycles. The molecule has 0 radical (unpaired) electrons. The van der Waals surface area contributed by atoms with Crippen LogP contribution in [-0.2, 0) is 4.79 Å². The summed E-state index contributed by atoms with van der Waals surface area (Å²) in [5.41, 5.74) is 9.78. The number of azide groups is 1. The molecule has 0 N–H and O–H groups in total. The molecule has 2 aromatic rings. The van der Waals surface area contributed by atoms with Gasteiger partial charge >= 0.3 is 0 Å². The van der Waals surface area contributed by atoms with Gasteiger partial charge in [-0.3, -0.25) is 14.5 Å². The Morgan fingerprint density at radius 1 is 1.23 bits per heavy atom. The third-order valence-electron chi connectivity index (χ3n) is 3.20. The molecule has 0 fully saturated rings. The van der Waals surface area contributed by atoms with Crippen molar-refractivity contribution < 1.29 is 14.3 Å². The van der Waals surface area contributed by atoms with E-state index < -0.39 is 5.91 Å². The maximum atomic E-state index is 12.1. The molecule has 1 aliphatic heterocycles. The molecule has 0 bridgehead atoms. The van der Waals surface area contributed by atoms with Crippen molar-refractivity contribution in [1.29, 1.82) is 0 Å². The summed E-state index contributed by atoms with van der Waals surface area (Å²) in [6.45, 7) is -0.124. The second kappa shape index (κ2) is 5.59. The van der Waals surface area contributed by atoms with Gasteiger partial charge in [0.1, 0.15) is 5.75 Å². The number of anilines is 2. The molecule has 22 heavy (non-hydrogen) atoms. The molecule has 1 aliphatic rings. The SMILES string of the molecule is [N-]=[N+]=NC(=O)c1ccc2c(c1)OCC(=O)N2c1ccccc1. The largest absolute Gasteiger partial charge is 0.482 e. The van der Waals surface area contributed by atoms with Crippen molar-refractivity contribution in [3.05, 3.63) is 64.5 Å². The molecule has 0 unspecified atom stereocenters. The number of hydrogen-bond acceptors (Lipinski definition) is 3. The summed E-state index contributed by atoms with van der Waals surface area (Å²) in [4.78, 5) is 27.7. The zero-order chi connectivity index (χ0) is 15.5. The van der Waals surface area contributed by atoms with E-state index in [9.17, 15) is 9.59 Å². The van der Waals surface area contributed by atoms with Gasteiger partial charge in [0.15, 0.2) is 6.61 Å².